The summed E-state index contributed by atoms with van der Waals surface area (Å²) in [4.78, 5) is 0. The Hall–Kier alpha value is -1.61. The molecule has 1 unspecified atom stereocenters. The van der Waals surface area contributed by atoms with Crippen molar-refractivity contribution in [1.29, 1.82) is 0 Å². The molecule has 1 aromatic carbocycles. The van der Waals surface area contributed by atoms with E-state index in [1.807, 2.05) is 12.3 Å². The highest BCUT2D eigenvalue weighted by atomic mass is 15.3. The highest BCUT2D eigenvalue weighted by Crippen LogP contribution is 2.54. The number of nitrogens with zero attached hydrogens (tertiary/aromatic N) is 2. The van der Waals surface area contributed by atoms with Gasteiger partial charge in [0, 0.05) is 6.20 Å². The summed E-state index contributed by atoms with van der Waals surface area (Å²) in [7, 11) is 0. The number of hydrogen-bond donors (Lipinski definition) is 1. The third-order valence-electron chi connectivity index (χ3n) is 4.11. The van der Waals surface area contributed by atoms with Gasteiger partial charge >= 0.3 is 0 Å². The van der Waals surface area contributed by atoms with Crippen molar-refractivity contribution in [1.82, 2.24) is 15.1 Å². The average Bonchev–Trinajstić information content (AvgIpc) is 3.01. The third kappa shape index (κ3) is 2.30. The molecule has 0 spiro atoms. The molecule has 1 saturated carbocycles. The minimum absolute atomic E-state index is 0.389. The van der Waals surface area contributed by atoms with Gasteiger partial charge < -0.3 is 5.32 Å². The summed E-state index contributed by atoms with van der Waals surface area (Å²) in [6.45, 7) is 5.52. The van der Waals surface area contributed by atoms with Crippen molar-refractivity contribution in [3.63, 3.8) is 0 Å². The highest BCUT2D eigenvalue weighted by Gasteiger charge is 2.46. The third-order valence-corrected chi connectivity index (χ3v) is 4.11. The van der Waals surface area contributed by atoms with Gasteiger partial charge in [-0.3, -0.25) is 0 Å². The van der Waals surface area contributed by atoms with Crippen molar-refractivity contribution >= 4 is 0 Å². The molecule has 1 aromatic heterocycles. The lowest BCUT2D eigenvalue weighted by atomic mass is 9.95. The molecule has 1 aliphatic rings. The highest BCUT2D eigenvalue weighted by molar-refractivity contribution is 5.34. The van der Waals surface area contributed by atoms with Gasteiger partial charge in [-0.25, -0.2) is 4.68 Å². The first-order valence-corrected chi connectivity index (χ1v) is 7.07. The van der Waals surface area contributed by atoms with E-state index in [1.54, 1.807) is 0 Å². The minimum Gasteiger partial charge on any atom is -0.308 e. The molecule has 1 atom stereocenters. The maximum atomic E-state index is 4.51. The fourth-order valence-corrected chi connectivity index (χ4v) is 2.72. The van der Waals surface area contributed by atoms with E-state index in [9.17, 15) is 0 Å². The first-order valence-electron chi connectivity index (χ1n) is 7.07. The van der Waals surface area contributed by atoms with Crippen molar-refractivity contribution < 1.29 is 0 Å². The average molecular weight is 255 g/mol. The Kier molecular flexibility index (Phi) is 3.15. The predicted octanol–water partition coefficient (Wildman–Crippen LogP) is 3.32. The monoisotopic (exact) mass is 255 g/mol. The van der Waals surface area contributed by atoms with Crippen molar-refractivity contribution in [2.75, 3.05) is 6.54 Å². The molecule has 1 N–H and O–H groups in total. The molecular formula is C16H21N3. The number of para-hydroxylation sites is 1. The molecule has 1 aliphatic carbocycles. The number of nitrogens with one attached hydrogen (secondary N) is 1. The molecule has 3 nitrogen and oxygen atoms in total. The fraction of sp³-hybridized carbons (Fsp3) is 0.438. The lowest BCUT2D eigenvalue weighted by Gasteiger charge is -2.25. The Labute approximate surface area is 114 Å². The van der Waals surface area contributed by atoms with Gasteiger partial charge in [0.2, 0.25) is 0 Å². The molecule has 1 heterocycles. The number of benzene rings is 1. The number of rotatable bonds is 5. The Morgan fingerprint density at radius 2 is 2.00 bits per heavy atom. The molecule has 100 valence electrons. The second kappa shape index (κ2) is 4.82. The van der Waals surface area contributed by atoms with Crippen molar-refractivity contribution in [3.05, 3.63) is 48.3 Å². The Bertz CT molecular complexity index is 540. The van der Waals surface area contributed by atoms with Gasteiger partial charge in [0.05, 0.1) is 17.4 Å². The summed E-state index contributed by atoms with van der Waals surface area (Å²) in [5, 5.41) is 8.14. The lowest BCUT2D eigenvalue weighted by molar-refractivity contribution is 0.359. The van der Waals surface area contributed by atoms with Crippen LogP contribution in [0, 0.1) is 5.41 Å². The van der Waals surface area contributed by atoms with E-state index in [4.69, 9.17) is 0 Å². The molecule has 2 aromatic rings. The number of aromatic nitrogens is 2. The van der Waals surface area contributed by atoms with Crippen LogP contribution in [-0.2, 0) is 0 Å². The van der Waals surface area contributed by atoms with Crippen molar-refractivity contribution in [2.45, 2.75) is 32.7 Å². The van der Waals surface area contributed by atoms with E-state index in [2.05, 4.69) is 59.3 Å². The van der Waals surface area contributed by atoms with Crippen molar-refractivity contribution in [3.8, 4) is 5.69 Å². The first kappa shape index (κ1) is 12.4. The quantitative estimate of drug-likeness (QED) is 0.888. The standard InChI is InChI=1S/C16H21N3/c1-3-17-15(16(2)10-11-16)14-9-12-18-19(14)13-7-5-4-6-8-13/h4-9,12,15,17H,3,10-11H2,1-2H3. The normalized spacial score (nSPS) is 18.2. The van der Waals surface area contributed by atoms with Gasteiger partial charge in [0.1, 0.15) is 0 Å². The van der Waals surface area contributed by atoms with Crippen LogP contribution in [-0.4, -0.2) is 16.3 Å². The summed E-state index contributed by atoms with van der Waals surface area (Å²) in [5.41, 5.74) is 2.80. The van der Waals surface area contributed by atoms with Gasteiger partial charge in [-0.2, -0.15) is 5.10 Å². The fourth-order valence-electron chi connectivity index (χ4n) is 2.72. The Balaban J connectivity index is 1.99. The molecule has 0 radical (unpaired) electrons. The maximum absolute atomic E-state index is 4.51. The molecule has 19 heavy (non-hydrogen) atoms. The molecule has 3 heteroatoms. The Morgan fingerprint density at radius 3 is 2.63 bits per heavy atom. The van der Waals surface area contributed by atoms with E-state index in [0.717, 1.165) is 12.2 Å². The summed E-state index contributed by atoms with van der Waals surface area (Å²) in [6, 6.07) is 12.9. The summed E-state index contributed by atoms with van der Waals surface area (Å²) in [5.74, 6) is 0. The zero-order valence-electron chi connectivity index (χ0n) is 11.6. The lowest BCUT2D eigenvalue weighted by Crippen LogP contribution is -2.29. The zero-order chi connectivity index (χ0) is 13.3. The second-order valence-corrected chi connectivity index (χ2v) is 5.65. The van der Waals surface area contributed by atoms with E-state index in [1.165, 1.54) is 18.5 Å². The largest absolute Gasteiger partial charge is 0.308 e. The summed E-state index contributed by atoms with van der Waals surface area (Å²) >= 11 is 0. The predicted molar refractivity (Wildman–Crippen MR) is 77.3 cm³/mol. The minimum atomic E-state index is 0.389. The molecule has 3 rings (SSSR count). The maximum Gasteiger partial charge on any atom is 0.0649 e. The summed E-state index contributed by atoms with van der Waals surface area (Å²) < 4.78 is 2.07. The Morgan fingerprint density at radius 1 is 1.26 bits per heavy atom. The molecule has 1 fully saturated rings. The zero-order valence-corrected chi connectivity index (χ0v) is 11.6. The number of hydrogen-bond acceptors (Lipinski definition) is 2. The molecule has 0 saturated heterocycles. The van der Waals surface area contributed by atoms with E-state index >= 15 is 0 Å². The van der Waals surface area contributed by atoms with Gasteiger partial charge in [0.25, 0.3) is 0 Å². The first-order chi connectivity index (χ1) is 9.24. The van der Waals surface area contributed by atoms with Crippen LogP contribution in [0.4, 0.5) is 0 Å². The van der Waals surface area contributed by atoms with Crippen LogP contribution in [0.1, 0.15) is 38.4 Å². The van der Waals surface area contributed by atoms with E-state index in [-0.39, 0.29) is 0 Å². The van der Waals surface area contributed by atoms with Crippen LogP contribution in [0.5, 0.6) is 0 Å². The van der Waals surface area contributed by atoms with Gasteiger partial charge in [-0.05, 0) is 43.0 Å². The van der Waals surface area contributed by atoms with E-state index in [0.29, 0.717) is 11.5 Å². The smallest absolute Gasteiger partial charge is 0.0649 e. The molecule has 0 aliphatic heterocycles. The van der Waals surface area contributed by atoms with E-state index < -0.39 is 0 Å². The van der Waals surface area contributed by atoms with Crippen LogP contribution in [0.3, 0.4) is 0 Å². The molecule has 0 amide bonds. The molecule has 0 bridgehead atoms. The van der Waals surface area contributed by atoms with Crippen LogP contribution in [0.15, 0.2) is 42.6 Å². The second-order valence-electron chi connectivity index (χ2n) is 5.65. The van der Waals surface area contributed by atoms with Gasteiger partial charge in [0.15, 0.2) is 0 Å². The molecular weight excluding hydrogens is 234 g/mol. The van der Waals surface area contributed by atoms with Crippen LogP contribution < -0.4 is 5.32 Å². The SMILES string of the molecule is CCNC(c1ccnn1-c1ccccc1)C1(C)CC1. The van der Waals surface area contributed by atoms with Crippen molar-refractivity contribution in [2.24, 2.45) is 5.41 Å². The van der Waals surface area contributed by atoms with Gasteiger partial charge in [-0.15, -0.1) is 0 Å². The summed E-state index contributed by atoms with van der Waals surface area (Å²) in [6.07, 6.45) is 4.49. The topological polar surface area (TPSA) is 29.9 Å². The van der Waals surface area contributed by atoms with Gasteiger partial charge in [-0.1, -0.05) is 32.0 Å². The van der Waals surface area contributed by atoms with Crippen LogP contribution in [0.2, 0.25) is 0 Å². The van der Waals surface area contributed by atoms with Crippen LogP contribution in [0.25, 0.3) is 5.69 Å². The van der Waals surface area contributed by atoms with Crippen LogP contribution >= 0.6 is 0 Å².